The third-order valence-corrected chi connectivity index (χ3v) is 4.01. The van der Waals surface area contributed by atoms with Crippen LogP contribution in [0, 0.1) is 5.92 Å². The van der Waals surface area contributed by atoms with Crippen molar-refractivity contribution in [2.45, 2.75) is 25.2 Å². The molecule has 2 aliphatic rings. The molecule has 0 bridgehead atoms. The molecule has 0 spiro atoms. The fourth-order valence-electron chi connectivity index (χ4n) is 2.71. The summed E-state index contributed by atoms with van der Waals surface area (Å²) in [6.45, 7) is 0.362. The Morgan fingerprint density at radius 2 is 2.20 bits per heavy atom. The molecule has 1 amide bonds. The summed E-state index contributed by atoms with van der Waals surface area (Å²) in [6.07, 6.45) is 2.25. The van der Waals surface area contributed by atoms with E-state index in [0.29, 0.717) is 24.5 Å². The maximum atomic E-state index is 11.9. The lowest BCUT2D eigenvalue weighted by Crippen LogP contribution is -2.25. The summed E-state index contributed by atoms with van der Waals surface area (Å²) in [4.78, 5) is 24.9. The van der Waals surface area contributed by atoms with Gasteiger partial charge in [0.15, 0.2) is 0 Å². The highest BCUT2D eigenvalue weighted by molar-refractivity contribution is 5.95. The minimum absolute atomic E-state index is 0.0146. The van der Waals surface area contributed by atoms with Crippen LogP contribution < -0.4 is 9.64 Å². The smallest absolute Gasteiger partial charge is 0.311 e. The van der Waals surface area contributed by atoms with Crippen LogP contribution in [0.5, 0.6) is 5.75 Å². The molecule has 5 heteroatoms. The van der Waals surface area contributed by atoms with Crippen LogP contribution in [0.1, 0.15) is 30.7 Å². The highest BCUT2D eigenvalue weighted by Crippen LogP contribution is 2.44. The molecule has 1 saturated carbocycles. The number of fused-ring (bicyclic) bond motifs is 1. The molecule has 1 atom stereocenters. The van der Waals surface area contributed by atoms with Crippen LogP contribution in [0.25, 0.3) is 0 Å². The molecule has 1 aromatic carbocycles. The molecule has 1 fully saturated rings. The molecule has 5 nitrogen and oxygen atoms in total. The maximum absolute atomic E-state index is 11.9. The first kappa shape index (κ1) is 13.0. The van der Waals surface area contributed by atoms with E-state index in [2.05, 4.69) is 0 Å². The van der Waals surface area contributed by atoms with E-state index in [1.165, 1.54) is 0 Å². The number of ether oxygens (including phenoxy) is 1. The molecule has 1 aromatic rings. The lowest BCUT2D eigenvalue weighted by Gasteiger charge is -2.19. The van der Waals surface area contributed by atoms with Gasteiger partial charge >= 0.3 is 5.97 Å². The van der Waals surface area contributed by atoms with Gasteiger partial charge in [0.2, 0.25) is 5.91 Å². The number of carboxylic acids is 1. The zero-order valence-electron chi connectivity index (χ0n) is 11.3. The second kappa shape index (κ2) is 4.81. The molecule has 0 radical (unpaired) electrons. The van der Waals surface area contributed by atoms with Crippen LogP contribution in [0.15, 0.2) is 18.2 Å². The van der Waals surface area contributed by atoms with Gasteiger partial charge in [-0.15, -0.1) is 0 Å². The first-order chi connectivity index (χ1) is 9.58. The Morgan fingerprint density at radius 1 is 1.45 bits per heavy atom. The summed E-state index contributed by atoms with van der Waals surface area (Å²) in [7, 11) is 1.70. The average Bonchev–Trinajstić information content (AvgIpc) is 3.23. The predicted molar refractivity (Wildman–Crippen MR) is 73.1 cm³/mol. The van der Waals surface area contributed by atoms with Crippen LogP contribution in [0.3, 0.4) is 0 Å². The van der Waals surface area contributed by atoms with E-state index < -0.39 is 11.9 Å². The van der Waals surface area contributed by atoms with E-state index in [9.17, 15) is 14.7 Å². The number of benzene rings is 1. The zero-order valence-corrected chi connectivity index (χ0v) is 11.3. The second-order valence-electron chi connectivity index (χ2n) is 5.43. The Bertz CT molecular complexity index is 565. The van der Waals surface area contributed by atoms with Gasteiger partial charge < -0.3 is 14.7 Å². The molecule has 1 N–H and O–H groups in total. The van der Waals surface area contributed by atoms with Gasteiger partial charge in [-0.1, -0.05) is 6.07 Å². The molecule has 1 heterocycles. The number of hydrogen-bond acceptors (Lipinski definition) is 3. The molecular formula is C15H17NO4. The average molecular weight is 275 g/mol. The number of hydrogen-bond donors (Lipinski definition) is 1. The Morgan fingerprint density at radius 3 is 2.85 bits per heavy atom. The van der Waals surface area contributed by atoms with Gasteiger partial charge in [0.05, 0.1) is 24.6 Å². The van der Waals surface area contributed by atoms with Gasteiger partial charge in [0.1, 0.15) is 5.75 Å². The summed E-state index contributed by atoms with van der Waals surface area (Å²) in [5.74, 6) is -0.428. The zero-order chi connectivity index (χ0) is 14.3. The van der Waals surface area contributed by atoms with Gasteiger partial charge in [-0.05, 0) is 36.5 Å². The molecule has 1 aliphatic carbocycles. The van der Waals surface area contributed by atoms with Gasteiger partial charge in [0.25, 0.3) is 0 Å². The van der Waals surface area contributed by atoms with Crippen LogP contribution in [-0.2, 0) is 9.59 Å². The molecule has 0 saturated heterocycles. The first-order valence-corrected chi connectivity index (χ1v) is 6.84. The highest BCUT2D eigenvalue weighted by atomic mass is 16.5. The van der Waals surface area contributed by atoms with Crippen molar-refractivity contribution in [1.29, 1.82) is 0 Å². The molecule has 20 heavy (non-hydrogen) atoms. The molecular weight excluding hydrogens is 258 g/mol. The van der Waals surface area contributed by atoms with Crippen LogP contribution >= 0.6 is 0 Å². The molecule has 3 rings (SSSR count). The number of aliphatic carboxylic acids is 1. The number of carbonyl (C=O) groups excluding carboxylic acids is 1. The number of rotatable bonds is 3. The lowest BCUT2D eigenvalue weighted by molar-refractivity contribution is -0.139. The number of carboxylic acid groups (broad SMARTS) is 1. The van der Waals surface area contributed by atoms with Crippen LogP contribution in [0.2, 0.25) is 0 Å². The van der Waals surface area contributed by atoms with E-state index in [1.807, 2.05) is 0 Å². The van der Waals surface area contributed by atoms with E-state index in [-0.39, 0.29) is 11.8 Å². The molecule has 0 aromatic heterocycles. The quantitative estimate of drug-likeness (QED) is 0.916. The normalized spacial score (nSPS) is 19.9. The third kappa shape index (κ3) is 2.24. The fraction of sp³-hybridized carbons (Fsp3) is 0.467. The van der Waals surface area contributed by atoms with Crippen molar-refractivity contribution in [2.24, 2.45) is 5.92 Å². The molecule has 1 unspecified atom stereocenters. The first-order valence-electron chi connectivity index (χ1n) is 6.84. The largest absolute Gasteiger partial charge is 0.491 e. The van der Waals surface area contributed by atoms with Gasteiger partial charge in [0, 0.05) is 7.05 Å². The summed E-state index contributed by atoms with van der Waals surface area (Å²) in [6, 6.07) is 5.37. The van der Waals surface area contributed by atoms with Crippen molar-refractivity contribution in [3.63, 3.8) is 0 Å². The Balaban J connectivity index is 2.00. The van der Waals surface area contributed by atoms with E-state index in [0.717, 1.165) is 18.4 Å². The van der Waals surface area contributed by atoms with E-state index in [1.54, 1.807) is 30.1 Å². The maximum Gasteiger partial charge on any atom is 0.311 e. The fourth-order valence-corrected chi connectivity index (χ4v) is 2.71. The van der Waals surface area contributed by atoms with Gasteiger partial charge in [-0.25, -0.2) is 0 Å². The Hall–Kier alpha value is -2.04. The number of anilines is 1. The lowest BCUT2D eigenvalue weighted by atomic mass is 9.93. The van der Waals surface area contributed by atoms with Crippen molar-refractivity contribution in [2.75, 3.05) is 18.6 Å². The summed E-state index contributed by atoms with van der Waals surface area (Å²) in [5, 5.41) is 9.40. The van der Waals surface area contributed by atoms with Crippen LogP contribution in [0.4, 0.5) is 5.69 Å². The monoisotopic (exact) mass is 275 g/mol. The Labute approximate surface area is 117 Å². The molecule has 1 aliphatic heterocycles. The topological polar surface area (TPSA) is 66.8 Å². The standard InChI is InChI=1S/C15H17NO4/c1-16-11-8-10(14(15(18)19)9-2-3-9)4-5-12(11)20-7-6-13(16)17/h4-5,8-9,14H,2-3,6-7H2,1H3,(H,18,19). The molecule has 106 valence electrons. The van der Waals surface area contributed by atoms with Crippen molar-refractivity contribution >= 4 is 17.6 Å². The Kier molecular flexibility index (Phi) is 3.12. The van der Waals surface area contributed by atoms with Crippen molar-refractivity contribution in [3.05, 3.63) is 23.8 Å². The summed E-state index contributed by atoms with van der Waals surface area (Å²) < 4.78 is 5.55. The van der Waals surface area contributed by atoms with Gasteiger partial charge in [-0.3, -0.25) is 9.59 Å². The summed E-state index contributed by atoms with van der Waals surface area (Å²) >= 11 is 0. The van der Waals surface area contributed by atoms with E-state index in [4.69, 9.17) is 4.74 Å². The summed E-state index contributed by atoms with van der Waals surface area (Å²) in [5.41, 5.74) is 1.42. The van der Waals surface area contributed by atoms with Crippen LogP contribution in [-0.4, -0.2) is 30.6 Å². The van der Waals surface area contributed by atoms with Crippen molar-refractivity contribution in [3.8, 4) is 5.75 Å². The van der Waals surface area contributed by atoms with Crippen molar-refractivity contribution < 1.29 is 19.4 Å². The minimum Gasteiger partial charge on any atom is -0.491 e. The van der Waals surface area contributed by atoms with Gasteiger partial charge in [-0.2, -0.15) is 0 Å². The van der Waals surface area contributed by atoms with E-state index >= 15 is 0 Å². The third-order valence-electron chi connectivity index (χ3n) is 4.01. The van der Waals surface area contributed by atoms with Crippen molar-refractivity contribution in [1.82, 2.24) is 0 Å². The number of nitrogens with zero attached hydrogens (tertiary/aromatic N) is 1. The SMILES string of the molecule is CN1C(=O)CCOc2ccc(C(C(=O)O)C3CC3)cc21. The number of carbonyl (C=O) groups is 2. The predicted octanol–water partition coefficient (Wildman–Crippen LogP) is 2.01. The number of amides is 1. The minimum atomic E-state index is -0.795. The highest BCUT2D eigenvalue weighted by Gasteiger charge is 2.38. The second-order valence-corrected chi connectivity index (χ2v) is 5.43.